The third kappa shape index (κ3) is 3.57. The van der Waals surface area contributed by atoms with Gasteiger partial charge in [-0.3, -0.25) is 0 Å². The number of hydrogen-bond acceptors (Lipinski definition) is 4. The molecule has 74 valence electrons. The molecule has 0 aliphatic heterocycles. The third-order valence-corrected chi connectivity index (χ3v) is 1.51. The van der Waals surface area contributed by atoms with E-state index >= 15 is 0 Å². The van der Waals surface area contributed by atoms with Crippen LogP contribution in [0.2, 0.25) is 0 Å². The number of halogens is 1. The SMILES string of the molecule is Cc1ncc(CN(C)C)c(N)n1.Cl. The average molecular weight is 203 g/mol. The molecule has 13 heavy (non-hydrogen) atoms. The van der Waals surface area contributed by atoms with Crippen LogP contribution in [0.15, 0.2) is 6.20 Å². The Labute approximate surface area is 84.6 Å². The summed E-state index contributed by atoms with van der Waals surface area (Å²) in [7, 11) is 3.97. The minimum atomic E-state index is 0. The predicted octanol–water partition coefficient (Wildman–Crippen LogP) is 0.851. The predicted molar refractivity (Wildman–Crippen MR) is 55.8 cm³/mol. The lowest BCUT2D eigenvalue weighted by Gasteiger charge is -2.10. The zero-order valence-corrected chi connectivity index (χ0v) is 8.93. The van der Waals surface area contributed by atoms with E-state index in [9.17, 15) is 0 Å². The molecule has 0 radical (unpaired) electrons. The van der Waals surface area contributed by atoms with Crippen molar-refractivity contribution in [2.24, 2.45) is 0 Å². The van der Waals surface area contributed by atoms with Crippen LogP contribution in [-0.4, -0.2) is 29.0 Å². The molecule has 1 heterocycles. The van der Waals surface area contributed by atoms with E-state index in [1.54, 1.807) is 6.20 Å². The summed E-state index contributed by atoms with van der Waals surface area (Å²) in [6, 6.07) is 0. The normalized spacial score (nSPS) is 9.85. The second-order valence-corrected chi connectivity index (χ2v) is 3.07. The first-order valence-electron chi connectivity index (χ1n) is 3.82. The highest BCUT2D eigenvalue weighted by Crippen LogP contribution is 2.08. The molecule has 2 N–H and O–H groups in total. The Hall–Kier alpha value is -0.870. The van der Waals surface area contributed by atoms with Gasteiger partial charge in [0, 0.05) is 18.3 Å². The van der Waals surface area contributed by atoms with Gasteiger partial charge in [0.25, 0.3) is 0 Å². The smallest absolute Gasteiger partial charge is 0.131 e. The number of nitrogen functional groups attached to an aromatic ring is 1. The number of aryl methyl sites for hydroxylation is 1. The molecule has 4 nitrogen and oxygen atoms in total. The maximum absolute atomic E-state index is 5.69. The highest BCUT2D eigenvalue weighted by molar-refractivity contribution is 5.85. The number of anilines is 1. The van der Waals surface area contributed by atoms with Crippen molar-refractivity contribution in [2.45, 2.75) is 13.5 Å². The van der Waals surface area contributed by atoms with Crippen molar-refractivity contribution in [1.82, 2.24) is 14.9 Å². The molecule has 0 aromatic carbocycles. The molecular formula is C8H15ClN4. The molecular weight excluding hydrogens is 188 g/mol. The number of nitrogens with two attached hydrogens (primary N) is 1. The fraction of sp³-hybridized carbons (Fsp3) is 0.500. The Balaban J connectivity index is 0.00000144. The fourth-order valence-electron chi connectivity index (χ4n) is 0.975. The highest BCUT2D eigenvalue weighted by atomic mass is 35.5. The van der Waals surface area contributed by atoms with E-state index in [-0.39, 0.29) is 12.4 Å². The van der Waals surface area contributed by atoms with Crippen molar-refractivity contribution in [1.29, 1.82) is 0 Å². The molecule has 0 amide bonds. The fourth-order valence-corrected chi connectivity index (χ4v) is 0.975. The van der Waals surface area contributed by atoms with Crippen molar-refractivity contribution in [3.8, 4) is 0 Å². The van der Waals surface area contributed by atoms with Gasteiger partial charge in [0.15, 0.2) is 0 Å². The Morgan fingerprint density at radius 3 is 2.54 bits per heavy atom. The van der Waals surface area contributed by atoms with Crippen molar-refractivity contribution >= 4 is 18.2 Å². The zero-order valence-electron chi connectivity index (χ0n) is 8.11. The molecule has 1 rings (SSSR count). The lowest BCUT2D eigenvalue weighted by atomic mass is 10.3. The Morgan fingerprint density at radius 1 is 1.46 bits per heavy atom. The minimum absolute atomic E-state index is 0. The van der Waals surface area contributed by atoms with E-state index in [0.29, 0.717) is 5.82 Å². The van der Waals surface area contributed by atoms with E-state index in [1.807, 2.05) is 25.9 Å². The van der Waals surface area contributed by atoms with Gasteiger partial charge in [-0.1, -0.05) is 0 Å². The van der Waals surface area contributed by atoms with Gasteiger partial charge in [-0.05, 0) is 21.0 Å². The maximum atomic E-state index is 5.69. The van der Waals surface area contributed by atoms with Gasteiger partial charge >= 0.3 is 0 Å². The van der Waals surface area contributed by atoms with Gasteiger partial charge in [0.2, 0.25) is 0 Å². The quantitative estimate of drug-likeness (QED) is 0.773. The monoisotopic (exact) mass is 202 g/mol. The molecule has 1 aromatic heterocycles. The summed E-state index contributed by atoms with van der Waals surface area (Å²) in [5.41, 5.74) is 6.67. The standard InChI is InChI=1S/C8H14N4.ClH/c1-6-10-4-7(5-12(2)3)8(9)11-6;/h4H,5H2,1-3H3,(H2,9,10,11);1H. The van der Waals surface area contributed by atoms with E-state index < -0.39 is 0 Å². The van der Waals surface area contributed by atoms with Gasteiger partial charge in [-0.25, -0.2) is 9.97 Å². The van der Waals surface area contributed by atoms with Crippen LogP contribution < -0.4 is 5.73 Å². The molecule has 1 aromatic rings. The summed E-state index contributed by atoms with van der Waals surface area (Å²) in [5.74, 6) is 1.30. The van der Waals surface area contributed by atoms with E-state index in [2.05, 4.69) is 9.97 Å². The second-order valence-electron chi connectivity index (χ2n) is 3.07. The van der Waals surface area contributed by atoms with Crippen LogP contribution in [-0.2, 0) is 6.54 Å². The van der Waals surface area contributed by atoms with Gasteiger partial charge in [0.1, 0.15) is 11.6 Å². The average Bonchev–Trinajstić information content (AvgIpc) is 1.94. The first kappa shape index (κ1) is 12.1. The molecule has 0 atom stereocenters. The van der Waals surface area contributed by atoms with Gasteiger partial charge in [0.05, 0.1) is 0 Å². The largest absolute Gasteiger partial charge is 0.383 e. The molecule has 0 fully saturated rings. The van der Waals surface area contributed by atoms with Crippen molar-refractivity contribution in [3.63, 3.8) is 0 Å². The number of aromatic nitrogens is 2. The van der Waals surface area contributed by atoms with Crippen LogP contribution in [0.3, 0.4) is 0 Å². The number of nitrogens with zero attached hydrogens (tertiary/aromatic N) is 3. The summed E-state index contributed by atoms with van der Waals surface area (Å²) in [5, 5.41) is 0. The Bertz CT molecular complexity index is 275. The second kappa shape index (κ2) is 4.99. The van der Waals surface area contributed by atoms with Crippen LogP contribution in [0.4, 0.5) is 5.82 Å². The van der Waals surface area contributed by atoms with Crippen LogP contribution in [0.25, 0.3) is 0 Å². The highest BCUT2D eigenvalue weighted by Gasteiger charge is 2.02. The summed E-state index contributed by atoms with van der Waals surface area (Å²) < 4.78 is 0. The number of hydrogen-bond donors (Lipinski definition) is 1. The molecule has 0 saturated carbocycles. The lowest BCUT2D eigenvalue weighted by Crippen LogP contribution is -2.13. The van der Waals surface area contributed by atoms with E-state index in [4.69, 9.17) is 5.73 Å². The molecule has 0 aliphatic rings. The van der Waals surface area contributed by atoms with E-state index in [1.165, 1.54) is 0 Å². The first-order chi connectivity index (χ1) is 5.59. The van der Waals surface area contributed by atoms with Crippen molar-refractivity contribution < 1.29 is 0 Å². The molecule has 0 bridgehead atoms. The molecule has 0 aliphatic carbocycles. The van der Waals surface area contributed by atoms with Crippen LogP contribution in [0.1, 0.15) is 11.4 Å². The van der Waals surface area contributed by atoms with Crippen molar-refractivity contribution in [3.05, 3.63) is 17.6 Å². The van der Waals surface area contributed by atoms with Crippen LogP contribution >= 0.6 is 12.4 Å². The molecule has 0 saturated heterocycles. The van der Waals surface area contributed by atoms with Crippen LogP contribution in [0.5, 0.6) is 0 Å². The third-order valence-electron chi connectivity index (χ3n) is 1.51. The summed E-state index contributed by atoms with van der Waals surface area (Å²) in [6.07, 6.45) is 1.78. The molecule has 0 unspecified atom stereocenters. The maximum Gasteiger partial charge on any atom is 0.131 e. The number of rotatable bonds is 2. The molecule has 0 spiro atoms. The van der Waals surface area contributed by atoms with Crippen LogP contribution in [0, 0.1) is 6.92 Å². The minimum Gasteiger partial charge on any atom is -0.383 e. The van der Waals surface area contributed by atoms with Crippen molar-refractivity contribution in [2.75, 3.05) is 19.8 Å². The lowest BCUT2D eigenvalue weighted by molar-refractivity contribution is 0.402. The topological polar surface area (TPSA) is 55.0 Å². The van der Waals surface area contributed by atoms with E-state index in [0.717, 1.165) is 17.9 Å². The van der Waals surface area contributed by atoms with Gasteiger partial charge < -0.3 is 10.6 Å². The Morgan fingerprint density at radius 2 is 2.08 bits per heavy atom. The van der Waals surface area contributed by atoms with Gasteiger partial charge in [-0.2, -0.15) is 0 Å². The first-order valence-corrected chi connectivity index (χ1v) is 3.82. The summed E-state index contributed by atoms with van der Waals surface area (Å²) >= 11 is 0. The Kier molecular flexibility index (Phi) is 4.66. The molecule has 5 heteroatoms. The van der Waals surface area contributed by atoms with Gasteiger partial charge in [-0.15, -0.1) is 12.4 Å². The summed E-state index contributed by atoms with van der Waals surface area (Å²) in [4.78, 5) is 10.2. The summed E-state index contributed by atoms with van der Waals surface area (Å²) in [6.45, 7) is 2.61. The zero-order chi connectivity index (χ0) is 9.14.